The van der Waals surface area contributed by atoms with Crippen molar-refractivity contribution in [1.82, 2.24) is 15.2 Å². The predicted octanol–water partition coefficient (Wildman–Crippen LogP) is 1.99. The highest BCUT2D eigenvalue weighted by Crippen LogP contribution is 2.11. The molecule has 22 heavy (non-hydrogen) atoms. The summed E-state index contributed by atoms with van der Waals surface area (Å²) in [6.45, 7) is 0.809. The lowest BCUT2D eigenvalue weighted by Gasteiger charge is -2.13. The van der Waals surface area contributed by atoms with Gasteiger partial charge in [0.05, 0.1) is 6.54 Å². The molecule has 118 valence electrons. The Morgan fingerprint density at radius 3 is 2.64 bits per heavy atom. The van der Waals surface area contributed by atoms with Crippen LogP contribution in [0.5, 0.6) is 0 Å². The van der Waals surface area contributed by atoms with Crippen LogP contribution >= 0.6 is 0 Å². The summed E-state index contributed by atoms with van der Waals surface area (Å²) in [4.78, 5) is 11.7. The maximum absolute atomic E-state index is 11.7. The second-order valence-electron chi connectivity index (χ2n) is 5.29. The number of urea groups is 1. The zero-order valence-electron chi connectivity index (χ0n) is 12.8. The van der Waals surface area contributed by atoms with Gasteiger partial charge in [0.25, 0.3) is 0 Å². The zero-order valence-corrected chi connectivity index (χ0v) is 12.8. The Morgan fingerprint density at radius 1 is 1.18 bits per heavy atom. The summed E-state index contributed by atoms with van der Waals surface area (Å²) >= 11 is 0. The lowest BCUT2D eigenvalue weighted by atomic mass is 10.1. The van der Waals surface area contributed by atoms with Crippen molar-refractivity contribution in [1.29, 1.82) is 0 Å². The third kappa shape index (κ3) is 4.93. The van der Waals surface area contributed by atoms with Crippen molar-refractivity contribution < 1.29 is 9.90 Å². The molecule has 1 aromatic heterocycles. The quantitative estimate of drug-likeness (QED) is 0.685. The summed E-state index contributed by atoms with van der Waals surface area (Å²) in [5.41, 5.74) is 2.05. The Balaban J connectivity index is 1.61. The second-order valence-corrected chi connectivity index (χ2v) is 5.29. The van der Waals surface area contributed by atoms with Crippen molar-refractivity contribution in [3.05, 3.63) is 59.9 Å². The van der Waals surface area contributed by atoms with E-state index < -0.39 is 6.10 Å². The fourth-order valence-electron chi connectivity index (χ4n) is 2.32. The lowest BCUT2D eigenvalue weighted by molar-refractivity contribution is 0.166. The molecule has 0 aliphatic carbocycles. The van der Waals surface area contributed by atoms with E-state index in [9.17, 15) is 9.90 Å². The average Bonchev–Trinajstić information content (AvgIpc) is 2.96. The monoisotopic (exact) mass is 301 g/mol. The number of rotatable bonds is 7. The van der Waals surface area contributed by atoms with Crippen molar-refractivity contribution in [3.63, 3.8) is 0 Å². The van der Waals surface area contributed by atoms with Crippen molar-refractivity contribution in [2.45, 2.75) is 18.9 Å². The van der Waals surface area contributed by atoms with Crippen LogP contribution in [0.1, 0.15) is 23.8 Å². The van der Waals surface area contributed by atoms with Crippen LogP contribution in [0.3, 0.4) is 0 Å². The van der Waals surface area contributed by atoms with E-state index in [0.717, 1.165) is 18.5 Å². The van der Waals surface area contributed by atoms with Gasteiger partial charge in [-0.15, -0.1) is 0 Å². The molecule has 2 amide bonds. The largest absolute Gasteiger partial charge is 0.385 e. The summed E-state index contributed by atoms with van der Waals surface area (Å²) in [6, 6.07) is 13.6. The summed E-state index contributed by atoms with van der Waals surface area (Å²) in [7, 11) is 1.86. The Bertz CT molecular complexity index is 581. The first-order valence-electron chi connectivity index (χ1n) is 7.51. The molecule has 0 spiro atoms. The van der Waals surface area contributed by atoms with Crippen molar-refractivity contribution in [2.24, 2.45) is 7.05 Å². The van der Waals surface area contributed by atoms with E-state index in [2.05, 4.69) is 22.8 Å². The number of hydrogen-bond acceptors (Lipinski definition) is 2. The normalized spacial score (nSPS) is 11.9. The van der Waals surface area contributed by atoms with Crippen molar-refractivity contribution in [3.8, 4) is 0 Å². The molecule has 1 heterocycles. The summed E-state index contributed by atoms with van der Waals surface area (Å²) < 4.78 is 1.84. The number of aliphatic hydroxyl groups is 1. The van der Waals surface area contributed by atoms with Gasteiger partial charge < -0.3 is 20.3 Å². The molecule has 0 aliphatic rings. The van der Waals surface area contributed by atoms with E-state index in [-0.39, 0.29) is 12.6 Å². The molecule has 0 unspecified atom stereocenters. The van der Waals surface area contributed by atoms with Crippen LogP contribution in [0, 0.1) is 0 Å². The number of amides is 2. The number of aromatic nitrogens is 1. The summed E-state index contributed by atoms with van der Waals surface area (Å²) in [5, 5.41) is 15.5. The van der Waals surface area contributed by atoms with Crippen LogP contribution in [0.4, 0.5) is 4.79 Å². The van der Waals surface area contributed by atoms with E-state index in [4.69, 9.17) is 0 Å². The lowest BCUT2D eigenvalue weighted by Crippen LogP contribution is -2.38. The van der Waals surface area contributed by atoms with Gasteiger partial charge in [-0.05, 0) is 30.5 Å². The van der Waals surface area contributed by atoms with Crippen LogP contribution in [0.25, 0.3) is 0 Å². The standard InChI is InChI=1S/C17H23N3O2/c1-20-12-6-10-15(20)16(21)13-19-17(22)18-11-5-9-14-7-3-2-4-8-14/h2-4,6-8,10,12,16,21H,5,9,11,13H2,1H3,(H2,18,19,22)/t16-/m1/s1. The summed E-state index contributed by atoms with van der Waals surface area (Å²) in [5.74, 6) is 0. The first-order chi connectivity index (χ1) is 10.7. The molecule has 1 atom stereocenters. The number of carbonyl (C=O) groups is 1. The molecule has 0 bridgehead atoms. The molecule has 2 aromatic rings. The van der Waals surface area contributed by atoms with Gasteiger partial charge in [-0.2, -0.15) is 0 Å². The van der Waals surface area contributed by atoms with E-state index in [1.54, 1.807) is 0 Å². The highest BCUT2D eigenvalue weighted by Gasteiger charge is 2.11. The topological polar surface area (TPSA) is 66.3 Å². The molecule has 5 heteroatoms. The highest BCUT2D eigenvalue weighted by atomic mass is 16.3. The molecule has 0 saturated carbocycles. The van der Waals surface area contributed by atoms with Gasteiger partial charge in [0.15, 0.2) is 0 Å². The number of nitrogens with zero attached hydrogens (tertiary/aromatic N) is 1. The molecule has 3 N–H and O–H groups in total. The maximum Gasteiger partial charge on any atom is 0.314 e. The van der Waals surface area contributed by atoms with Crippen molar-refractivity contribution in [2.75, 3.05) is 13.1 Å². The second kappa shape index (κ2) is 8.24. The van der Waals surface area contributed by atoms with Gasteiger partial charge in [0, 0.05) is 25.5 Å². The van der Waals surface area contributed by atoms with Gasteiger partial charge >= 0.3 is 6.03 Å². The molecule has 0 radical (unpaired) electrons. The number of carbonyl (C=O) groups excluding carboxylic acids is 1. The molecule has 0 saturated heterocycles. The summed E-state index contributed by atoms with van der Waals surface area (Å²) in [6.07, 6.45) is 2.99. The third-order valence-corrected chi connectivity index (χ3v) is 3.55. The van der Waals surface area contributed by atoms with Crippen LogP contribution in [-0.2, 0) is 13.5 Å². The number of benzene rings is 1. The van der Waals surface area contributed by atoms with Crippen LogP contribution < -0.4 is 10.6 Å². The third-order valence-electron chi connectivity index (χ3n) is 3.55. The minimum absolute atomic E-state index is 0.197. The molecule has 0 aliphatic heterocycles. The average molecular weight is 301 g/mol. The Hall–Kier alpha value is -2.27. The van der Waals surface area contributed by atoms with Crippen LogP contribution in [0.15, 0.2) is 48.7 Å². The van der Waals surface area contributed by atoms with Gasteiger partial charge in [-0.1, -0.05) is 30.3 Å². The number of nitrogens with one attached hydrogen (secondary N) is 2. The minimum atomic E-state index is -0.699. The zero-order chi connectivity index (χ0) is 15.8. The van der Waals surface area contributed by atoms with Gasteiger partial charge in [0.2, 0.25) is 0 Å². The molecular formula is C17H23N3O2. The molecule has 5 nitrogen and oxygen atoms in total. The van der Waals surface area contributed by atoms with Crippen LogP contribution in [-0.4, -0.2) is 28.8 Å². The Kier molecular flexibility index (Phi) is 6.03. The van der Waals surface area contributed by atoms with Gasteiger partial charge in [-0.25, -0.2) is 4.79 Å². The maximum atomic E-state index is 11.7. The molecular weight excluding hydrogens is 278 g/mol. The molecule has 2 rings (SSSR count). The van der Waals surface area contributed by atoms with E-state index in [0.29, 0.717) is 6.54 Å². The Morgan fingerprint density at radius 2 is 1.95 bits per heavy atom. The van der Waals surface area contributed by atoms with E-state index >= 15 is 0 Å². The van der Waals surface area contributed by atoms with E-state index in [1.807, 2.05) is 48.1 Å². The smallest absolute Gasteiger partial charge is 0.314 e. The van der Waals surface area contributed by atoms with E-state index in [1.165, 1.54) is 5.56 Å². The molecule has 1 aromatic carbocycles. The number of aliphatic hydroxyl groups excluding tert-OH is 1. The number of hydrogen-bond donors (Lipinski definition) is 3. The fourth-order valence-corrected chi connectivity index (χ4v) is 2.32. The first kappa shape index (κ1) is 16.1. The van der Waals surface area contributed by atoms with Crippen LogP contribution in [0.2, 0.25) is 0 Å². The predicted molar refractivity (Wildman–Crippen MR) is 86.5 cm³/mol. The van der Waals surface area contributed by atoms with Crippen molar-refractivity contribution >= 4 is 6.03 Å². The Labute approximate surface area is 131 Å². The fraction of sp³-hybridized carbons (Fsp3) is 0.353. The number of aryl methyl sites for hydroxylation is 2. The van der Waals surface area contributed by atoms with Gasteiger partial charge in [-0.3, -0.25) is 0 Å². The highest BCUT2D eigenvalue weighted by molar-refractivity contribution is 5.73. The minimum Gasteiger partial charge on any atom is -0.385 e. The first-order valence-corrected chi connectivity index (χ1v) is 7.51. The van der Waals surface area contributed by atoms with Gasteiger partial charge in [0.1, 0.15) is 6.10 Å². The SMILES string of the molecule is Cn1cccc1[C@H](O)CNC(=O)NCCCc1ccccc1. The molecule has 0 fully saturated rings.